The Bertz CT molecular complexity index is 942. The molecule has 2 aromatic heterocycles. The third kappa shape index (κ3) is 3.03. The van der Waals surface area contributed by atoms with Crippen molar-refractivity contribution >= 4 is 28.0 Å². The molecule has 0 unspecified atom stereocenters. The minimum Gasteiger partial charge on any atom is -0.343 e. The average molecular weight is 327 g/mol. The molecule has 0 saturated carbocycles. The van der Waals surface area contributed by atoms with Gasteiger partial charge in [0.05, 0.1) is 16.7 Å². The number of hydrogen-bond acceptors (Lipinski definition) is 4. The molecule has 2 heterocycles. The lowest BCUT2D eigenvalue weighted by Crippen LogP contribution is -2.29. The fourth-order valence-electron chi connectivity index (χ4n) is 2.62. The second-order valence-corrected chi connectivity index (χ2v) is 6.71. The summed E-state index contributed by atoms with van der Waals surface area (Å²) in [6.45, 7) is 5.78. The second-order valence-electron chi connectivity index (χ2n) is 5.48. The molecule has 3 rings (SSSR count). The van der Waals surface area contributed by atoms with E-state index in [-0.39, 0.29) is 23.2 Å². The summed E-state index contributed by atoms with van der Waals surface area (Å²) in [6, 6.07) is 8.74. The first-order valence-electron chi connectivity index (χ1n) is 7.32. The molecule has 5 nitrogen and oxygen atoms in total. The van der Waals surface area contributed by atoms with Crippen LogP contribution in [0.15, 0.2) is 35.1 Å². The standard InChI is InChI=1S/C17H17N3O2S/c1-9-15(23-11(3)18-9)10(2)19-17(22)14-8-12-6-4-5-7-13(12)16(21)20-14/h4-8,10H,1-3H3,(H,19,22)(H,20,21)/t10-/m1/s1. The molecule has 0 saturated heterocycles. The molecule has 6 heteroatoms. The van der Waals surface area contributed by atoms with Crippen molar-refractivity contribution in [2.45, 2.75) is 26.8 Å². The zero-order valence-corrected chi connectivity index (χ0v) is 14.0. The van der Waals surface area contributed by atoms with Crippen LogP contribution < -0.4 is 10.9 Å². The summed E-state index contributed by atoms with van der Waals surface area (Å²) in [6.07, 6.45) is 0. The van der Waals surface area contributed by atoms with Gasteiger partial charge in [-0.15, -0.1) is 11.3 Å². The minimum atomic E-state index is -0.300. The number of hydrogen-bond donors (Lipinski definition) is 2. The van der Waals surface area contributed by atoms with Gasteiger partial charge >= 0.3 is 0 Å². The van der Waals surface area contributed by atoms with Crippen LogP contribution in [0.4, 0.5) is 0 Å². The summed E-state index contributed by atoms with van der Waals surface area (Å²) in [5.74, 6) is -0.300. The van der Waals surface area contributed by atoms with Crippen molar-refractivity contribution in [2.24, 2.45) is 0 Å². The van der Waals surface area contributed by atoms with E-state index in [1.165, 1.54) is 0 Å². The number of thiazole rings is 1. The summed E-state index contributed by atoms with van der Waals surface area (Å²) >= 11 is 1.57. The lowest BCUT2D eigenvalue weighted by Gasteiger charge is -2.13. The highest BCUT2D eigenvalue weighted by Gasteiger charge is 2.17. The molecule has 3 aromatic rings. The Hall–Kier alpha value is -2.47. The molecule has 118 valence electrons. The lowest BCUT2D eigenvalue weighted by atomic mass is 10.1. The van der Waals surface area contributed by atoms with Gasteiger partial charge in [-0.1, -0.05) is 18.2 Å². The smallest absolute Gasteiger partial charge is 0.268 e. The Labute approximate surface area is 137 Å². The Morgan fingerprint density at radius 1 is 1.30 bits per heavy atom. The van der Waals surface area contributed by atoms with Crippen molar-refractivity contribution in [1.82, 2.24) is 15.3 Å². The number of aromatic amines is 1. The fourth-order valence-corrected chi connectivity index (χ4v) is 3.55. The number of carbonyl (C=O) groups is 1. The third-order valence-electron chi connectivity index (χ3n) is 3.68. The summed E-state index contributed by atoms with van der Waals surface area (Å²) in [4.78, 5) is 32.6. The highest BCUT2D eigenvalue weighted by molar-refractivity contribution is 7.11. The highest BCUT2D eigenvalue weighted by atomic mass is 32.1. The molecule has 0 aliphatic heterocycles. The van der Waals surface area contributed by atoms with E-state index in [2.05, 4.69) is 15.3 Å². The van der Waals surface area contributed by atoms with E-state index in [4.69, 9.17) is 0 Å². The maximum atomic E-state index is 12.4. The molecule has 1 amide bonds. The van der Waals surface area contributed by atoms with E-state index in [9.17, 15) is 9.59 Å². The Kier molecular flexibility index (Phi) is 4.00. The highest BCUT2D eigenvalue weighted by Crippen LogP contribution is 2.24. The van der Waals surface area contributed by atoms with Crippen LogP contribution in [-0.4, -0.2) is 15.9 Å². The molecule has 0 radical (unpaired) electrons. The number of nitrogens with one attached hydrogen (secondary N) is 2. The molecule has 1 atom stereocenters. The van der Waals surface area contributed by atoms with Gasteiger partial charge in [0.1, 0.15) is 5.69 Å². The van der Waals surface area contributed by atoms with Crippen LogP contribution in [0.2, 0.25) is 0 Å². The molecule has 0 bridgehead atoms. The molecular formula is C17H17N3O2S. The first-order valence-corrected chi connectivity index (χ1v) is 8.14. The fraction of sp³-hybridized carbons (Fsp3) is 0.235. The summed E-state index contributed by atoms with van der Waals surface area (Å²) in [7, 11) is 0. The number of amides is 1. The maximum absolute atomic E-state index is 12.4. The first kappa shape index (κ1) is 15.4. The van der Waals surface area contributed by atoms with Crippen molar-refractivity contribution in [3.63, 3.8) is 0 Å². The minimum absolute atomic E-state index is 0.163. The zero-order valence-electron chi connectivity index (χ0n) is 13.1. The van der Waals surface area contributed by atoms with Crippen LogP contribution >= 0.6 is 11.3 Å². The molecule has 0 aliphatic carbocycles. The van der Waals surface area contributed by atoms with Gasteiger partial charge in [0, 0.05) is 10.3 Å². The molecule has 0 fully saturated rings. The molecule has 2 N–H and O–H groups in total. The van der Waals surface area contributed by atoms with Gasteiger partial charge < -0.3 is 10.3 Å². The van der Waals surface area contributed by atoms with Gasteiger partial charge in [-0.3, -0.25) is 9.59 Å². The van der Waals surface area contributed by atoms with Gasteiger partial charge in [-0.25, -0.2) is 4.98 Å². The summed E-state index contributed by atoms with van der Waals surface area (Å²) in [5.41, 5.74) is 0.928. The van der Waals surface area contributed by atoms with E-state index in [1.54, 1.807) is 29.5 Å². The normalized spacial score (nSPS) is 12.3. The van der Waals surface area contributed by atoms with Crippen molar-refractivity contribution in [3.8, 4) is 0 Å². The zero-order chi connectivity index (χ0) is 16.6. The number of carbonyl (C=O) groups excluding carboxylic acids is 1. The number of benzene rings is 1. The van der Waals surface area contributed by atoms with Crippen LogP contribution in [0.25, 0.3) is 10.8 Å². The number of fused-ring (bicyclic) bond motifs is 1. The molecule has 1 aromatic carbocycles. The van der Waals surface area contributed by atoms with Crippen LogP contribution in [0.1, 0.15) is 39.0 Å². The largest absolute Gasteiger partial charge is 0.343 e. The second kappa shape index (κ2) is 5.96. The number of pyridine rings is 1. The van der Waals surface area contributed by atoms with Crippen molar-refractivity contribution in [2.75, 3.05) is 0 Å². The van der Waals surface area contributed by atoms with E-state index < -0.39 is 0 Å². The van der Waals surface area contributed by atoms with Crippen LogP contribution in [0.3, 0.4) is 0 Å². The van der Waals surface area contributed by atoms with Crippen LogP contribution in [0, 0.1) is 13.8 Å². The Morgan fingerprint density at radius 2 is 2.04 bits per heavy atom. The predicted octanol–water partition coefficient (Wildman–Crippen LogP) is 3.09. The summed E-state index contributed by atoms with van der Waals surface area (Å²) in [5, 5.41) is 5.21. The molecule has 0 aliphatic rings. The number of aryl methyl sites for hydroxylation is 2. The Balaban J connectivity index is 1.89. The average Bonchev–Trinajstić information content (AvgIpc) is 2.86. The Morgan fingerprint density at radius 3 is 2.74 bits per heavy atom. The van der Waals surface area contributed by atoms with Crippen LogP contribution in [-0.2, 0) is 0 Å². The van der Waals surface area contributed by atoms with Crippen molar-refractivity contribution in [1.29, 1.82) is 0 Å². The monoisotopic (exact) mass is 327 g/mol. The molecule has 23 heavy (non-hydrogen) atoms. The number of rotatable bonds is 3. The van der Waals surface area contributed by atoms with E-state index >= 15 is 0 Å². The summed E-state index contributed by atoms with van der Waals surface area (Å²) < 4.78 is 0. The van der Waals surface area contributed by atoms with Gasteiger partial charge in [0.2, 0.25) is 0 Å². The molecular weight excluding hydrogens is 310 g/mol. The van der Waals surface area contributed by atoms with Gasteiger partial charge in [0.15, 0.2) is 0 Å². The van der Waals surface area contributed by atoms with Gasteiger partial charge in [-0.05, 0) is 38.3 Å². The van der Waals surface area contributed by atoms with E-state index in [0.29, 0.717) is 5.39 Å². The van der Waals surface area contributed by atoms with Gasteiger partial charge in [0.25, 0.3) is 11.5 Å². The number of aromatic nitrogens is 2. The maximum Gasteiger partial charge on any atom is 0.268 e. The topological polar surface area (TPSA) is 74.8 Å². The van der Waals surface area contributed by atoms with E-state index in [0.717, 1.165) is 21.0 Å². The SMILES string of the molecule is Cc1nc(C)c([C@@H](C)NC(=O)c2cc3ccccc3c(=O)[nH]2)s1. The van der Waals surface area contributed by atoms with Crippen molar-refractivity contribution < 1.29 is 4.79 Å². The first-order chi connectivity index (χ1) is 11.0. The molecule has 0 spiro atoms. The van der Waals surface area contributed by atoms with Gasteiger partial charge in [-0.2, -0.15) is 0 Å². The quantitative estimate of drug-likeness (QED) is 0.776. The van der Waals surface area contributed by atoms with Crippen LogP contribution in [0.5, 0.6) is 0 Å². The van der Waals surface area contributed by atoms with E-state index in [1.807, 2.05) is 32.9 Å². The third-order valence-corrected chi connectivity index (χ3v) is 4.93. The number of nitrogens with zero attached hydrogens (tertiary/aromatic N) is 1. The lowest BCUT2D eigenvalue weighted by molar-refractivity contribution is 0.0935. The van der Waals surface area contributed by atoms with Crippen molar-refractivity contribution in [3.05, 3.63) is 62.0 Å². The predicted molar refractivity (Wildman–Crippen MR) is 92.0 cm³/mol. The number of H-pyrrole nitrogens is 1.